The third-order valence-electron chi connectivity index (χ3n) is 1.46. The molecule has 0 aliphatic heterocycles. The maximum absolute atomic E-state index is 8.86. The maximum Gasteiger partial charge on any atom is 0.108 e. The summed E-state index contributed by atoms with van der Waals surface area (Å²) in [5.74, 6) is 2.32. The second-order valence-electron chi connectivity index (χ2n) is 2.61. The van der Waals surface area contributed by atoms with Crippen molar-refractivity contribution in [3.8, 4) is 12.3 Å². The monoisotopic (exact) mass is 182 g/mol. The van der Waals surface area contributed by atoms with Crippen LogP contribution in [0.15, 0.2) is 0 Å². The van der Waals surface area contributed by atoms with Gasteiger partial charge < -0.3 is 14.6 Å². The molecule has 0 saturated carbocycles. The maximum atomic E-state index is 8.86. The molecule has 2 atom stereocenters. The van der Waals surface area contributed by atoms with Crippen LogP contribution in [0.3, 0.4) is 0 Å². The van der Waals surface area contributed by atoms with Gasteiger partial charge in [0.15, 0.2) is 0 Å². The van der Waals surface area contributed by atoms with Gasteiger partial charge in [0.05, 0.1) is 13.2 Å². The van der Waals surface area contributed by atoms with Crippen LogP contribution in [0.25, 0.3) is 0 Å². The summed E-state index contributed by atoms with van der Waals surface area (Å²) in [7, 11) is 5.52. The lowest BCUT2D eigenvalue weighted by Crippen LogP contribution is -2.29. The second kappa shape index (κ2) is 8.12. The van der Waals surface area contributed by atoms with E-state index in [1.807, 2.05) is 6.92 Å². The van der Waals surface area contributed by atoms with Gasteiger partial charge in [-0.1, -0.05) is 12.8 Å². The van der Waals surface area contributed by atoms with Crippen molar-refractivity contribution >= 4 is 7.85 Å². The first-order valence-corrected chi connectivity index (χ1v) is 4.27. The third-order valence-corrected chi connectivity index (χ3v) is 1.46. The first-order valence-electron chi connectivity index (χ1n) is 4.27. The van der Waals surface area contributed by atoms with Crippen LogP contribution in [0, 0.1) is 12.3 Å². The van der Waals surface area contributed by atoms with Crippen LogP contribution in [0.4, 0.5) is 0 Å². The molecule has 13 heavy (non-hydrogen) atoms. The minimum atomic E-state index is -0.386. The van der Waals surface area contributed by atoms with Gasteiger partial charge in [-0.25, -0.2) is 0 Å². The first-order chi connectivity index (χ1) is 6.24. The first kappa shape index (κ1) is 12.5. The van der Waals surface area contributed by atoms with Gasteiger partial charge >= 0.3 is 0 Å². The van der Waals surface area contributed by atoms with E-state index < -0.39 is 0 Å². The van der Waals surface area contributed by atoms with Crippen LogP contribution in [0.1, 0.15) is 13.3 Å². The lowest BCUT2D eigenvalue weighted by molar-refractivity contribution is -0.0498. The van der Waals surface area contributed by atoms with E-state index in [2.05, 4.69) is 5.92 Å². The van der Waals surface area contributed by atoms with Crippen LogP contribution >= 0.6 is 0 Å². The van der Waals surface area contributed by atoms with E-state index in [-0.39, 0.29) is 31.9 Å². The lowest BCUT2D eigenvalue weighted by Gasteiger charge is -2.19. The number of hydrogen-bond donors (Lipinski definition) is 1. The number of ether oxygens (including phenoxy) is 2. The zero-order valence-electron chi connectivity index (χ0n) is 7.90. The van der Waals surface area contributed by atoms with E-state index >= 15 is 0 Å². The van der Waals surface area contributed by atoms with Gasteiger partial charge in [0, 0.05) is 6.00 Å². The Kier molecular flexibility index (Phi) is 7.81. The number of hydrogen-bond acceptors (Lipinski definition) is 3. The Balaban J connectivity index is 3.57. The van der Waals surface area contributed by atoms with Crippen molar-refractivity contribution in [2.75, 3.05) is 19.8 Å². The molecule has 0 aliphatic carbocycles. The molecule has 0 aromatic heterocycles. The molecule has 0 aromatic rings. The Morgan fingerprint density at radius 3 is 2.77 bits per heavy atom. The van der Waals surface area contributed by atoms with Gasteiger partial charge in [0.1, 0.15) is 20.6 Å². The van der Waals surface area contributed by atoms with Gasteiger partial charge in [-0.3, -0.25) is 0 Å². The topological polar surface area (TPSA) is 38.7 Å². The van der Waals surface area contributed by atoms with Gasteiger partial charge in [0.25, 0.3) is 0 Å². The Hall–Kier alpha value is -0.495. The number of terminal acetylenes is 1. The summed E-state index contributed by atoms with van der Waals surface area (Å²) in [6, 6.07) is -0.355. The van der Waals surface area contributed by atoms with E-state index in [9.17, 15) is 0 Å². The summed E-state index contributed by atoms with van der Waals surface area (Å²) in [5, 5.41) is 8.86. The quantitative estimate of drug-likeness (QED) is 0.340. The predicted molar refractivity (Wildman–Crippen MR) is 51.4 cm³/mol. The average Bonchev–Trinajstić information content (AvgIpc) is 2.16. The minimum Gasteiger partial charge on any atom is -0.394 e. The molecule has 72 valence electrons. The molecule has 0 fully saturated rings. The number of aliphatic hydroxyl groups excluding tert-OH is 1. The summed E-state index contributed by atoms with van der Waals surface area (Å²) in [6.07, 6.45) is 5.29. The summed E-state index contributed by atoms with van der Waals surface area (Å²) in [5.41, 5.74) is 0. The van der Waals surface area contributed by atoms with Crippen molar-refractivity contribution in [2.24, 2.45) is 0 Å². The van der Waals surface area contributed by atoms with Crippen molar-refractivity contribution in [2.45, 2.75) is 25.5 Å². The van der Waals surface area contributed by atoms with Crippen LogP contribution in [0.5, 0.6) is 0 Å². The Morgan fingerprint density at radius 2 is 2.31 bits per heavy atom. The Morgan fingerprint density at radius 1 is 1.62 bits per heavy atom. The van der Waals surface area contributed by atoms with Crippen molar-refractivity contribution in [1.29, 1.82) is 0 Å². The minimum absolute atomic E-state index is 0.113. The molecule has 0 rings (SSSR count). The normalized spacial score (nSPS) is 14.8. The van der Waals surface area contributed by atoms with Gasteiger partial charge in [-0.05, 0) is 6.42 Å². The highest BCUT2D eigenvalue weighted by Gasteiger charge is 2.10. The number of rotatable bonds is 7. The van der Waals surface area contributed by atoms with Crippen LogP contribution in [-0.4, -0.2) is 44.9 Å². The molecular formula is C9H15BO3. The zero-order chi connectivity index (χ0) is 10.1. The highest BCUT2D eigenvalue weighted by molar-refractivity contribution is 6.10. The van der Waals surface area contributed by atoms with Gasteiger partial charge in [-0.2, -0.15) is 0 Å². The van der Waals surface area contributed by atoms with Gasteiger partial charge in [-0.15, -0.1) is 6.42 Å². The largest absolute Gasteiger partial charge is 0.394 e. The van der Waals surface area contributed by atoms with Crippen molar-refractivity contribution in [3.05, 3.63) is 0 Å². The summed E-state index contributed by atoms with van der Waals surface area (Å²) in [4.78, 5) is 0. The summed E-state index contributed by atoms with van der Waals surface area (Å²) < 4.78 is 10.2. The van der Waals surface area contributed by atoms with E-state index in [1.165, 1.54) is 0 Å². The highest BCUT2D eigenvalue weighted by atomic mass is 16.5. The number of aliphatic hydroxyl groups is 1. The molecule has 0 saturated heterocycles. The Bertz CT molecular complexity index is 155. The second-order valence-corrected chi connectivity index (χ2v) is 2.61. The fraction of sp³-hybridized carbons (Fsp3) is 0.778. The van der Waals surface area contributed by atoms with Crippen LogP contribution in [0.2, 0.25) is 0 Å². The molecule has 0 heterocycles. The van der Waals surface area contributed by atoms with E-state index in [0.29, 0.717) is 6.42 Å². The molecule has 1 N–H and O–H groups in total. The molecule has 0 spiro atoms. The smallest absolute Gasteiger partial charge is 0.108 e. The molecular weight excluding hydrogens is 167 g/mol. The molecule has 0 amide bonds. The van der Waals surface area contributed by atoms with E-state index in [1.54, 1.807) is 0 Å². The molecule has 0 unspecified atom stereocenters. The lowest BCUT2D eigenvalue weighted by atomic mass is 9.97. The van der Waals surface area contributed by atoms with E-state index in [0.717, 1.165) is 0 Å². The van der Waals surface area contributed by atoms with Gasteiger partial charge in [0.2, 0.25) is 0 Å². The molecule has 2 radical (unpaired) electrons. The van der Waals surface area contributed by atoms with Crippen molar-refractivity contribution in [3.63, 3.8) is 0 Å². The third kappa shape index (κ3) is 6.65. The van der Waals surface area contributed by atoms with Crippen LogP contribution in [-0.2, 0) is 9.47 Å². The summed E-state index contributed by atoms with van der Waals surface area (Å²) in [6.45, 7) is 2.29. The standard InChI is InChI=1S/C9H15BO3/c1-3-5-12-7-8(6-11)13-9(10)4-2/h1,8-9,11H,4-7H2,2H3/t8-,9-/m1/s1. The molecule has 3 nitrogen and oxygen atoms in total. The van der Waals surface area contributed by atoms with Crippen LogP contribution < -0.4 is 0 Å². The van der Waals surface area contributed by atoms with E-state index in [4.69, 9.17) is 28.8 Å². The molecule has 0 bridgehead atoms. The fourth-order valence-electron chi connectivity index (χ4n) is 0.728. The molecule has 0 aromatic carbocycles. The molecule has 4 heteroatoms. The predicted octanol–water partition coefficient (Wildman–Crippen LogP) is -0.0817. The highest BCUT2D eigenvalue weighted by Crippen LogP contribution is 1.99. The molecule has 0 aliphatic rings. The summed E-state index contributed by atoms with van der Waals surface area (Å²) >= 11 is 0. The van der Waals surface area contributed by atoms with Crippen molar-refractivity contribution < 1.29 is 14.6 Å². The SMILES string of the molecule is [B][C@@H](CC)O[C@H](CO)COCC#C. The zero-order valence-corrected chi connectivity index (χ0v) is 7.90. The van der Waals surface area contributed by atoms with Crippen molar-refractivity contribution in [1.82, 2.24) is 0 Å². The fourth-order valence-corrected chi connectivity index (χ4v) is 0.728. The Labute approximate surface area is 80.8 Å². The average molecular weight is 182 g/mol.